The molecule has 0 amide bonds. The maximum atomic E-state index is 10.7. The molecule has 0 bridgehead atoms. The van der Waals surface area contributed by atoms with Crippen LogP contribution in [0.25, 0.3) is 0 Å². The topological polar surface area (TPSA) is 62.2 Å². The predicted molar refractivity (Wildman–Crippen MR) is 66.2 cm³/mol. The third-order valence-corrected chi connectivity index (χ3v) is 3.80. The van der Waals surface area contributed by atoms with Gasteiger partial charge in [0.05, 0.1) is 11.9 Å². The normalized spacial score (nSPS) is 28.0. The highest BCUT2D eigenvalue weighted by Crippen LogP contribution is 2.33. The Kier molecular flexibility index (Phi) is 3.31. The van der Waals surface area contributed by atoms with E-state index in [0.717, 1.165) is 11.6 Å². The molecule has 1 aromatic heterocycles. The average molecular weight is 234 g/mol. The van der Waals surface area contributed by atoms with E-state index in [2.05, 4.69) is 24.1 Å². The number of nitrogens with one attached hydrogen (secondary N) is 1. The first-order valence-corrected chi connectivity index (χ1v) is 6.04. The van der Waals surface area contributed by atoms with Gasteiger partial charge in [-0.3, -0.25) is 0 Å². The zero-order chi connectivity index (χ0) is 12.4. The van der Waals surface area contributed by atoms with E-state index in [1.807, 2.05) is 0 Å². The molecule has 1 aromatic rings. The van der Waals surface area contributed by atoms with Crippen molar-refractivity contribution in [3.05, 3.63) is 24.0 Å². The van der Waals surface area contributed by atoms with Crippen molar-refractivity contribution >= 4 is 11.7 Å². The molecule has 1 aliphatic rings. The quantitative estimate of drug-likeness (QED) is 0.844. The molecule has 92 valence electrons. The number of rotatable bonds is 3. The van der Waals surface area contributed by atoms with Crippen molar-refractivity contribution in [1.82, 2.24) is 4.98 Å². The standard InChI is InChI=1S/C13H18N2O2/c1-8-3-5-11(9(8)2)15-10-4-6-12(13(16)17)14-7-10/h4,6-9,11,15H,3,5H2,1-2H3,(H,16,17). The summed E-state index contributed by atoms with van der Waals surface area (Å²) in [5.74, 6) is 0.410. The zero-order valence-electron chi connectivity index (χ0n) is 10.2. The predicted octanol–water partition coefficient (Wildman–Crippen LogP) is 2.63. The van der Waals surface area contributed by atoms with Gasteiger partial charge < -0.3 is 10.4 Å². The molecular formula is C13H18N2O2. The Bertz CT molecular complexity index is 402. The van der Waals surface area contributed by atoms with Crippen molar-refractivity contribution in [3.63, 3.8) is 0 Å². The molecule has 0 saturated heterocycles. The van der Waals surface area contributed by atoms with Gasteiger partial charge in [0.25, 0.3) is 0 Å². The van der Waals surface area contributed by atoms with Gasteiger partial charge in [-0.1, -0.05) is 13.8 Å². The minimum Gasteiger partial charge on any atom is -0.477 e. The van der Waals surface area contributed by atoms with Crippen LogP contribution in [0, 0.1) is 11.8 Å². The summed E-state index contributed by atoms with van der Waals surface area (Å²) in [6.45, 7) is 4.53. The van der Waals surface area contributed by atoms with Gasteiger partial charge in [0.15, 0.2) is 0 Å². The van der Waals surface area contributed by atoms with Crippen LogP contribution in [0.5, 0.6) is 0 Å². The highest BCUT2D eigenvalue weighted by Gasteiger charge is 2.29. The Morgan fingerprint density at radius 1 is 1.41 bits per heavy atom. The molecule has 2 rings (SSSR count). The maximum absolute atomic E-state index is 10.7. The summed E-state index contributed by atoms with van der Waals surface area (Å²) < 4.78 is 0. The van der Waals surface area contributed by atoms with Crippen molar-refractivity contribution in [2.45, 2.75) is 32.7 Å². The second-order valence-corrected chi connectivity index (χ2v) is 4.90. The summed E-state index contributed by atoms with van der Waals surface area (Å²) in [7, 11) is 0. The molecule has 3 atom stereocenters. The third kappa shape index (κ3) is 2.57. The van der Waals surface area contributed by atoms with E-state index in [4.69, 9.17) is 5.11 Å². The van der Waals surface area contributed by atoms with Gasteiger partial charge in [0.2, 0.25) is 0 Å². The van der Waals surface area contributed by atoms with Crippen molar-refractivity contribution in [2.24, 2.45) is 11.8 Å². The molecule has 1 aliphatic carbocycles. The number of carbonyl (C=O) groups is 1. The number of pyridine rings is 1. The number of aromatic carboxylic acids is 1. The summed E-state index contributed by atoms with van der Waals surface area (Å²) in [5.41, 5.74) is 0.990. The fraction of sp³-hybridized carbons (Fsp3) is 0.538. The van der Waals surface area contributed by atoms with E-state index >= 15 is 0 Å². The molecule has 0 aliphatic heterocycles. The lowest BCUT2D eigenvalue weighted by atomic mass is 9.98. The number of aromatic nitrogens is 1. The fourth-order valence-corrected chi connectivity index (χ4v) is 2.39. The Labute approximate surface area is 101 Å². The summed E-state index contributed by atoms with van der Waals surface area (Å²) in [4.78, 5) is 14.6. The van der Waals surface area contributed by atoms with Gasteiger partial charge >= 0.3 is 5.97 Å². The zero-order valence-corrected chi connectivity index (χ0v) is 10.2. The molecular weight excluding hydrogens is 216 g/mol. The Morgan fingerprint density at radius 3 is 2.65 bits per heavy atom. The molecule has 1 heterocycles. The maximum Gasteiger partial charge on any atom is 0.354 e. The molecule has 0 spiro atoms. The van der Waals surface area contributed by atoms with Gasteiger partial charge in [-0.2, -0.15) is 0 Å². The number of carboxylic acid groups (broad SMARTS) is 1. The first-order valence-electron chi connectivity index (χ1n) is 6.04. The van der Waals surface area contributed by atoms with Crippen molar-refractivity contribution < 1.29 is 9.90 Å². The lowest BCUT2D eigenvalue weighted by Gasteiger charge is -2.20. The summed E-state index contributed by atoms with van der Waals surface area (Å²) in [5, 5.41) is 12.2. The minimum absolute atomic E-state index is 0.0865. The van der Waals surface area contributed by atoms with Crippen LogP contribution >= 0.6 is 0 Å². The van der Waals surface area contributed by atoms with Crippen LogP contribution in [0.2, 0.25) is 0 Å². The van der Waals surface area contributed by atoms with Crippen LogP contribution in [-0.4, -0.2) is 22.1 Å². The number of hydrogen-bond donors (Lipinski definition) is 2. The van der Waals surface area contributed by atoms with Gasteiger partial charge in [-0.05, 0) is 36.8 Å². The number of anilines is 1. The molecule has 2 N–H and O–H groups in total. The summed E-state index contributed by atoms with van der Waals surface area (Å²) >= 11 is 0. The van der Waals surface area contributed by atoms with Gasteiger partial charge in [0.1, 0.15) is 5.69 Å². The highest BCUT2D eigenvalue weighted by atomic mass is 16.4. The van der Waals surface area contributed by atoms with E-state index in [1.54, 1.807) is 12.3 Å². The molecule has 0 aromatic carbocycles. The van der Waals surface area contributed by atoms with E-state index in [1.165, 1.54) is 18.9 Å². The summed E-state index contributed by atoms with van der Waals surface area (Å²) in [6.07, 6.45) is 4.02. The van der Waals surface area contributed by atoms with Crippen LogP contribution in [0.15, 0.2) is 18.3 Å². The van der Waals surface area contributed by atoms with Crippen LogP contribution in [0.4, 0.5) is 5.69 Å². The monoisotopic (exact) mass is 234 g/mol. The van der Waals surface area contributed by atoms with Gasteiger partial charge in [-0.25, -0.2) is 9.78 Å². The smallest absolute Gasteiger partial charge is 0.354 e. The van der Waals surface area contributed by atoms with Crippen molar-refractivity contribution in [1.29, 1.82) is 0 Å². The van der Waals surface area contributed by atoms with Crippen LogP contribution in [0.3, 0.4) is 0 Å². The fourth-order valence-electron chi connectivity index (χ4n) is 2.39. The molecule has 17 heavy (non-hydrogen) atoms. The number of carboxylic acids is 1. The Morgan fingerprint density at radius 2 is 2.18 bits per heavy atom. The molecule has 3 unspecified atom stereocenters. The van der Waals surface area contributed by atoms with Crippen LogP contribution in [-0.2, 0) is 0 Å². The lowest BCUT2D eigenvalue weighted by Crippen LogP contribution is -2.24. The van der Waals surface area contributed by atoms with Crippen LogP contribution in [0.1, 0.15) is 37.2 Å². The van der Waals surface area contributed by atoms with Crippen LogP contribution < -0.4 is 5.32 Å². The van der Waals surface area contributed by atoms with Crippen molar-refractivity contribution in [3.8, 4) is 0 Å². The second-order valence-electron chi connectivity index (χ2n) is 4.90. The van der Waals surface area contributed by atoms with Gasteiger partial charge in [-0.15, -0.1) is 0 Å². The van der Waals surface area contributed by atoms with E-state index < -0.39 is 5.97 Å². The number of hydrogen-bond acceptors (Lipinski definition) is 3. The molecule has 4 nitrogen and oxygen atoms in total. The van der Waals surface area contributed by atoms with E-state index in [9.17, 15) is 4.79 Å². The number of nitrogens with zero attached hydrogens (tertiary/aromatic N) is 1. The first kappa shape index (κ1) is 11.9. The van der Waals surface area contributed by atoms with E-state index in [0.29, 0.717) is 12.0 Å². The Balaban J connectivity index is 2.02. The Hall–Kier alpha value is -1.58. The molecule has 4 heteroatoms. The largest absolute Gasteiger partial charge is 0.477 e. The molecule has 1 saturated carbocycles. The minimum atomic E-state index is -0.987. The summed E-state index contributed by atoms with van der Waals surface area (Å²) in [6, 6.07) is 3.79. The SMILES string of the molecule is CC1CCC(Nc2ccc(C(=O)O)nc2)C1C. The van der Waals surface area contributed by atoms with Crippen molar-refractivity contribution in [2.75, 3.05) is 5.32 Å². The van der Waals surface area contributed by atoms with Gasteiger partial charge in [0, 0.05) is 6.04 Å². The lowest BCUT2D eigenvalue weighted by molar-refractivity contribution is 0.0690. The molecule has 0 radical (unpaired) electrons. The average Bonchev–Trinajstić information content (AvgIpc) is 2.62. The molecule has 1 fully saturated rings. The highest BCUT2D eigenvalue weighted by molar-refractivity contribution is 5.85. The van der Waals surface area contributed by atoms with E-state index in [-0.39, 0.29) is 5.69 Å². The second kappa shape index (κ2) is 4.73. The first-order chi connectivity index (χ1) is 8.08. The third-order valence-electron chi connectivity index (χ3n) is 3.80.